The van der Waals surface area contributed by atoms with Gasteiger partial charge in [0.2, 0.25) is 5.90 Å². The van der Waals surface area contributed by atoms with Gasteiger partial charge in [-0.1, -0.05) is 46.3 Å². The molecule has 1 aromatic heterocycles. The first-order valence-corrected chi connectivity index (χ1v) is 9.07. The number of phenols is 1. The largest absolute Gasteiger partial charge is 0.507 e. The fourth-order valence-corrected chi connectivity index (χ4v) is 3.24. The summed E-state index contributed by atoms with van der Waals surface area (Å²) < 4.78 is 6.01. The number of hydrogen-bond acceptors (Lipinski definition) is 5. The first-order chi connectivity index (χ1) is 13.5. The number of fused-ring (bicyclic) bond motifs is 2. The van der Waals surface area contributed by atoms with Crippen molar-refractivity contribution < 1.29 is 31.1 Å². The van der Waals surface area contributed by atoms with Gasteiger partial charge in [-0.15, -0.1) is 5.10 Å². The van der Waals surface area contributed by atoms with E-state index in [-0.39, 0.29) is 27.8 Å². The predicted octanol–water partition coefficient (Wildman–Crippen LogP) is 4.75. The molecular weight excluding hydrogens is 483 g/mol. The van der Waals surface area contributed by atoms with Crippen molar-refractivity contribution in [1.29, 1.82) is 0 Å². The summed E-state index contributed by atoms with van der Waals surface area (Å²) in [5, 5.41) is 30.2. The molecule has 0 aliphatic carbocycles. The smallest absolute Gasteiger partial charge is 0.349 e. The summed E-state index contributed by atoms with van der Waals surface area (Å²) in [6.45, 7) is 0. The Hall–Kier alpha value is -2.96. The van der Waals surface area contributed by atoms with Crippen LogP contribution in [0.3, 0.4) is 0 Å². The van der Waals surface area contributed by atoms with E-state index >= 15 is 0 Å². The Morgan fingerprint density at radius 1 is 1.03 bits per heavy atom. The van der Waals surface area contributed by atoms with Gasteiger partial charge in [0.25, 0.3) is 0 Å². The van der Waals surface area contributed by atoms with E-state index in [1.54, 1.807) is 30.3 Å². The molecule has 0 radical (unpaired) electrons. The number of aliphatic hydroxyl groups is 1. The van der Waals surface area contributed by atoms with Gasteiger partial charge in [-0.05, 0) is 41.1 Å². The van der Waals surface area contributed by atoms with Gasteiger partial charge in [0.15, 0.2) is 0 Å². The van der Waals surface area contributed by atoms with Gasteiger partial charge in [-0.2, -0.15) is 5.10 Å². The summed E-state index contributed by atoms with van der Waals surface area (Å²) in [5.74, 6) is -0.543. The summed E-state index contributed by atoms with van der Waals surface area (Å²) in [6, 6.07) is 17.5. The van der Waals surface area contributed by atoms with Crippen LogP contribution in [0.4, 0.5) is 0 Å². The van der Waals surface area contributed by atoms with Crippen molar-refractivity contribution in [2.75, 3.05) is 0 Å². The topological polar surface area (TPSA) is 95.4 Å². The fourth-order valence-electron chi connectivity index (χ4n) is 2.87. The Morgan fingerprint density at radius 3 is 2.66 bits per heavy atom. The molecule has 0 unspecified atom stereocenters. The van der Waals surface area contributed by atoms with Crippen LogP contribution >= 0.6 is 15.9 Å². The maximum absolute atomic E-state index is 12.1. The molecule has 0 aliphatic rings. The van der Waals surface area contributed by atoms with Crippen LogP contribution in [-0.4, -0.2) is 22.3 Å². The molecule has 0 fully saturated rings. The van der Waals surface area contributed by atoms with Crippen LogP contribution in [0, 0.1) is 0 Å². The minimum absolute atomic E-state index is 0. The Bertz CT molecular complexity index is 1330. The third-order valence-corrected chi connectivity index (χ3v) is 4.72. The van der Waals surface area contributed by atoms with E-state index in [1.165, 1.54) is 12.3 Å². The van der Waals surface area contributed by atoms with E-state index in [2.05, 4.69) is 26.1 Å². The molecule has 1 heterocycles. The predicted molar refractivity (Wildman–Crippen MR) is 113 cm³/mol. The quantitative estimate of drug-likeness (QED) is 0.141. The second-order valence-electron chi connectivity index (χ2n) is 6.02. The number of nitrogens with zero attached hydrogens (tertiary/aromatic N) is 2. The summed E-state index contributed by atoms with van der Waals surface area (Å²) in [7, 11) is 0. The molecule has 0 atom stereocenters. The van der Waals surface area contributed by atoms with Crippen molar-refractivity contribution in [3.8, 4) is 5.75 Å². The minimum Gasteiger partial charge on any atom is -0.507 e. The SMILES string of the molecule is O=c1oc2ccc(Br)cc2cc1/C(O)=N/N=C/c1c(O)ccc2ccccc12.[Ni]. The number of halogens is 1. The van der Waals surface area contributed by atoms with Crippen molar-refractivity contribution >= 4 is 49.8 Å². The van der Waals surface area contributed by atoms with E-state index in [0.29, 0.717) is 16.5 Å². The zero-order valence-electron chi connectivity index (χ0n) is 14.7. The summed E-state index contributed by atoms with van der Waals surface area (Å²) >= 11 is 3.35. The molecule has 4 rings (SSSR count). The number of hydrogen-bond donors (Lipinski definition) is 2. The third-order valence-electron chi connectivity index (χ3n) is 4.22. The van der Waals surface area contributed by atoms with Crippen molar-refractivity contribution in [2.24, 2.45) is 10.2 Å². The summed E-state index contributed by atoms with van der Waals surface area (Å²) in [5.41, 5.74) is 0.0298. The van der Waals surface area contributed by atoms with Crippen LogP contribution in [0.15, 0.2) is 84.6 Å². The zero-order valence-corrected chi connectivity index (χ0v) is 17.2. The Labute approximate surface area is 183 Å². The molecule has 4 aromatic rings. The molecule has 6 nitrogen and oxygen atoms in total. The Kier molecular flexibility index (Phi) is 6.16. The van der Waals surface area contributed by atoms with Crippen molar-refractivity contribution in [1.82, 2.24) is 0 Å². The van der Waals surface area contributed by atoms with E-state index in [9.17, 15) is 15.0 Å². The molecule has 8 heteroatoms. The molecule has 29 heavy (non-hydrogen) atoms. The zero-order chi connectivity index (χ0) is 19.7. The standard InChI is InChI=1S/C21H13BrN2O4.Ni/c22-14-6-8-19-13(9-14)10-16(21(27)28-19)20(26)24-23-11-17-15-4-2-1-3-12(15)5-7-18(17)25;/h1-11,25H,(H,24,26);/b23-11+;. The van der Waals surface area contributed by atoms with E-state index in [4.69, 9.17) is 4.42 Å². The number of aliphatic hydroxyl groups excluding tert-OH is 1. The van der Waals surface area contributed by atoms with Crippen LogP contribution in [-0.2, 0) is 16.5 Å². The van der Waals surface area contributed by atoms with Gasteiger partial charge in [-0.25, -0.2) is 4.79 Å². The van der Waals surface area contributed by atoms with Crippen LogP contribution < -0.4 is 5.63 Å². The van der Waals surface area contributed by atoms with Gasteiger partial charge in [-0.3, -0.25) is 0 Å². The Morgan fingerprint density at radius 2 is 1.83 bits per heavy atom. The van der Waals surface area contributed by atoms with Crippen molar-refractivity contribution in [2.45, 2.75) is 0 Å². The van der Waals surface area contributed by atoms with E-state index in [0.717, 1.165) is 15.2 Å². The molecule has 3 aromatic carbocycles. The molecule has 0 spiro atoms. The maximum atomic E-state index is 12.1. The van der Waals surface area contributed by atoms with Crippen LogP contribution in [0.2, 0.25) is 0 Å². The van der Waals surface area contributed by atoms with Crippen LogP contribution in [0.25, 0.3) is 21.7 Å². The van der Waals surface area contributed by atoms with Crippen molar-refractivity contribution in [3.63, 3.8) is 0 Å². The third kappa shape index (κ3) is 4.23. The van der Waals surface area contributed by atoms with Gasteiger partial charge < -0.3 is 14.6 Å². The molecule has 0 aliphatic heterocycles. The first-order valence-electron chi connectivity index (χ1n) is 8.27. The number of aromatic hydroxyl groups is 1. The van der Waals surface area contributed by atoms with Crippen LogP contribution in [0.5, 0.6) is 5.75 Å². The monoisotopic (exact) mass is 494 g/mol. The molecule has 0 saturated carbocycles. The average molecular weight is 496 g/mol. The number of rotatable bonds is 3. The second kappa shape index (κ2) is 8.59. The summed E-state index contributed by atoms with van der Waals surface area (Å²) in [4.78, 5) is 12.1. The van der Waals surface area contributed by atoms with Gasteiger partial charge >= 0.3 is 5.63 Å². The maximum Gasteiger partial charge on any atom is 0.349 e. The van der Waals surface area contributed by atoms with Gasteiger partial charge in [0, 0.05) is 31.9 Å². The molecule has 0 bridgehead atoms. The molecular formula is C21H13BrN2NiO4. The molecule has 2 N–H and O–H groups in total. The first kappa shape index (κ1) is 20.8. The van der Waals surface area contributed by atoms with E-state index in [1.807, 2.05) is 24.3 Å². The number of benzene rings is 3. The van der Waals surface area contributed by atoms with Gasteiger partial charge in [0.1, 0.15) is 16.9 Å². The Balaban J connectivity index is 0.00000240. The molecule has 0 amide bonds. The van der Waals surface area contributed by atoms with Crippen LogP contribution in [0.1, 0.15) is 11.1 Å². The van der Waals surface area contributed by atoms with E-state index < -0.39 is 11.5 Å². The second-order valence-corrected chi connectivity index (χ2v) is 6.93. The normalized spacial score (nSPS) is 11.8. The number of phenolic OH excluding ortho intramolecular Hbond substituents is 1. The average Bonchev–Trinajstić information content (AvgIpc) is 2.69. The molecule has 148 valence electrons. The minimum atomic E-state index is -0.723. The van der Waals surface area contributed by atoms with Gasteiger partial charge in [0.05, 0.1) is 6.21 Å². The van der Waals surface area contributed by atoms with Crippen molar-refractivity contribution in [3.05, 3.63) is 86.7 Å². The molecule has 0 saturated heterocycles. The fraction of sp³-hybridized carbons (Fsp3) is 0. The summed E-state index contributed by atoms with van der Waals surface area (Å²) in [6.07, 6.45) is 1.33.